The van der Waals surface area contributed by atoms with Gasteiger partial charge in [0.15, 0.2) is 0 Å². The maximum Gasteiger partial charge on any atom is 0.417 e. The largest absolute Gasteiger partial charge is 0.497 e. The van der Waals surface area contributed by atoms with E-state index < -0.39 is 42.7 Å². The standard InChI is InChI=1S/C34H27ClF3N3O6S2/c1-47-26-14-18-28(19-15-26)49(45,46)41(22-23-7-3-2-4-8-23)32-10-6-5-9-29(32)33(42)39-24-11-16-27(17-12-24)48(43,44)40-25-13-20-31(35)30(21-25)34(36,37)38/h2-21,40H,22H2,1H3,(H,39,42). The molecule has 0 aliphatic heterocycles. The molecule has 0 aliphatic carbocycles. The molecule has 5 rings (SSSR count). The Kier molecular flexibility index (Phi) is 10.2. The van der Waals surface area contributed by atoms with Crippen molar-refractivity contribution < 1.29 is 39.5 Å². The number of benzene rings is 5. The van der Waals surface area contributed by atoms with Gasteiger partial charge in [-0.15, -0.1) is 0 Å². The van der Waals surface area contributed by atoms with Crippen LogP contribution in [-0.2, 0) is 32.8 Å². The molecule has 0 bridgehead atoms. The smallest absolute Gasteiger partial charge is 0.417 e. The lowest BCUT2D eigenvalue weighted by Crippen LogP contribution is -2.32. The topological polar surface area (TPSA) is 122 Å². The predicted molar refractivity (Wildman–Crippen MR) is 181 cm³/mol. The van der Waals surface area contributed by atoms with Gasteiger partial charge in [0.05, 0.1) is 45.3 Å². The molecular formula is C34H27ClF3N3O6S2. The van der Waals surface area contributed by atoms with Crippen LogP contribution in [0.3, 0.4) is 0 Å². The summed E-state index contributed by atoms with van der Waals surface area (Å²) in [5.74, 6) is -0.225. The minimum atomic E-state index is -4.80. The number of hydrogen-bond donors (Lipinski definition) is 2. The highest BCUT2D eigenvalue weighted by atomic mass is 35.5. The fourth-order valence-corrected chi connectivity index (χ4v) is 7.49. The van der Waals surface area contributed by atoms with Crippen molar-refractivity contribution in [3.8, 4) is 5.75 Å². The van der Waals surface area contributed by atoms with Crippen molar-refractivity contribution in [2.75, 3.05) is 21.5 Å². The van der Waals surface area contributed by atoms with Gasteiger partial charge in [0.2, 0.25) is 0 Å². The quantitative estimate of drug-likeness (QED) is 0.143. The first kappa shape index (κ1) is 35.3. The fourth-order valence-electron chi connectivity index (χ4n) is 4.74. The van der Waals surface area contributed by atoms with Crippen LogP contribution in [0.5, 0.6) is 5.75 Å². The maximum absolute atomic E-state index is 14.0. The van der Waals surface area contributed by atoms with E-state index in [4.69, 9.17) is 16.3 Å². The SMILES string of the molecule is COc1ccc(S(=O)(=O)N(Cc2ccccc2)c2ccccc2C(=O)Nc2ccc(S(=O)(=O)Nc3ccc(Cl)c(C(F)(F)F)c3)cc2)cc1. The third-order valence-corrected chi connectivity index (χ3v) is 10.7. The van der Waals surface area contributed by atoms with Gasteiger partial charge >= 0.3 is 6.18 Å². The predicted octanol–water partition coefficient (Wildman–Crippen LogP) is 7.82. The molecule has 15 heteroatoms. The minimum Gasteiger partial charge on any atom is -0.497 e. The number of halogens is 4. The number of para-hydroxylation sites is 1. The molecule has 5 aromatic rings. The second kappa shape index (κ2) is 14.2. The molecule has 0 aliphatic rings. The van der Waals surface area contributed by atoms with Crippen molar-refractivity contribution in [2.45, 2.75) is 22.5 Å². The van der Waals surface area contributed by atoms with E-state index in [1.807, 2.05) is 0 Å². The number of carbonyl (C=O) groups is 1. The second-order valence-electron chi connectivity index (χ2n) is 10.5. The molecule has 254 valence electrons. The number of nitrogens with zero attached hydrogens (tertiary/aromatic N) is 1. The zero-order valence-electron chi connectivity index (χ0n) is 25.5. The van der Waals surface area contributed by atoms with Gasteiger partial charge in [-0.3, -0.25) is 13.8 Å². The Morgan fingerprint density at radius 1 is 0.776 bits per heavy atom. The summed E-state index contributed by atoms with van der Waals surface area (Å²) >= 11 is 5.63. The third-order valence-electron chi connectivity index (χ3n) is 7.18. The van der Waals surface area contributed by atoms with Crippen molar-refractivity contribution in [3.05, 3.63) is 143 Å². The van der Waals surface area contributed by atoms with E-state index in [0.29, 0.717) is 17.4 Å². The summed E-state index contributed by atoms with van der Waals surface area (Å²) in [5, 5.41) is 2.07. The molecule has 0 radical (unpaired) electrons. The van der Waals surface area contributed by atoms with E-state index in [1.165, 1.54) is 55.6 Å². The number of hydrogen-bond acceptors (Lipinski definition) is 6. The van der Waals surface area contributed by atoms with E-state index in [9.17, 15) is 34.8 Å². The first-order valence-corrected chi connectivity index (χ1v) is 17.6. The van der Waals surface area contributed by atoms with Gasteiger partial charge in [0.25, 0.3) is 26.0 Å². The highest BCUT2D eigenvalue weighted by Crippen LogP contribution is 2.37. The van der Waals surface area contributed by atoms with E-state index in [-0.39, 0.29) is 39.0 Å². The lowest BCUT2D eigenvalue weighted by Gasteiger charge is -2.26. The summed E-state index contributed by atoms with van der Waals surface area (Å²) < 4.78 is 102. The third kappa shape index (κ3) is 8.16. The molecule has 0 spiro atoms. The van der Waals surface area contributed by atoms with Crippen LogP contribution in [0.4, 0.5) is 30.2 Å². The summed E-state index contributed by atoms with van der Waals surface area (Å²) in [6.07, 6.45) is -4.80. The van der Waals surface area contributed by atoms with Crippen LogP contribution in [0, 0.1) is 0 Å². The van der Waals surface area contributed by atoms with Gasteiger partial charge in [-0.05, 0) is 84.4 Å². The zero-order chi connectivity index (χ0) is 35.4. The van der Waals surface area contributed by atoms with Crippen LogP contribution >= 0.6 is 11.6 Å². The summed E-state index contributed by atoms with van der Waals surface area (Å²) in [4.78, 5) is 13.3. The number of anilines is 3. The molecule has 2 N–H and O–H groups in total. The highest BCUT2D eigenvalue weighted by Gasteiger charge is 2.34. The lowest BCUT2D eigenvalue weighted by molar-refractivity contribution is -0.137. The number of methoxy groups -OCH3 is 1. The Labute approximate surface area is 286 Å². The van der Waals surface area contributed by atoms with Crippen molar-refractivity contribution >= 4 is 54.6 Å². The Bertz CT molecular complexity index is 2180. The van der Waals surface area contributed by atoms with E-state index in [1.54, 1.807) is 42.5 Å². The van der Waals surface area contributed by atoms with E-state index >= 15 is 0 Å². The molecule has 0 unspecified atom stereocenters. The molecule has 0 atom stereocenters. The van der Waals surface area contributed by atoms with Crippen LogP contribution < -0.4 is 19.1 Å². The number of alkyl halides is 3. The van der Waals surface area contributed by atoms with E-state index in [0.717, 1.165) is 28.6 Å². The fraction of sp³-hybridized carbons (Fsp3) is 0.0882. The molecule has 0 heterocycles. The number of carbonyl (C=O) groups excluding carboxylic acids is 1. The number of amides is 1. The molecule has 0 saturated heterocycles. The van der Waals surface area contributed by atoms with Gasteiger partial charge in [-0.1, -0.05) is 54.1 Å². The molecular weight excluding hydrogens is 703 g/mol. The van der Waals surface area contributed by atoms with Crippen molar-refractivity contribution in [2.24, 2.45) is 0 Å². The normalized spacial score (nSPS) is 11.9. The van der Waals surface area contributed by atoms with Crippen molar-refractivity contribution in [1.29, 1.82) is 0 Å². The van der Waals surface area contributed by atoms with Crippen LogP contribution in [0.2, 0.25) is 5.02 Å². The molecule has 0 aromatic heterocycles. The summed E-state index contributed by atoms with van der Waals surface area (Å²) in [5.41, 5.74) is -0.630. The molecule has 5 aromatic carbocycles. The Morgan fingerprint density at radius 3 is 2.00 bits per heavy atom. The van der Waals surface area contributed by atoms with Gasteiger partial charge < -0.3 is 10.1 Å². The molecule has 9 nitrogen and oxygen atoms in total. The van der Waals surface area contributed by atoms with Gasteiger partial charge in [0.1, 0.15) is 5.75 Å². The number of nitrogens with one attached hydrogen (secondary N) is 2. The second-order valence-corrected chi connectivity index (χ2v) is 14.4. The maximum atomic E-state index is 14.0. The monoisotopic (exact) mass is 729 g/mol. The van der Waals surface area contributed by atoms with Crippen LogP contribution in [0.1, 0.15) is 21.5 Å². The van der Waals surface area contributed by atoms with Crippen LogP contribution in [0.25, 0.3) is 0 Å². The average molecular weight is 730 g/mol. The lowest BCUT2D eigenvalue weighted by atomic mass is 10.1. The Hall–Kier alpha value is -5.05. The summed E-state index contributed by atoms with van der Waals surface area (Å²) in [6.45, 7) is -0.100. The van der Waals surface area contributed by atoms with Gasteiger partial charge in [0, 0.05) is 11.4 Å². The Balaban J connectivity index is 1.41. The van der Waals surface area contributed by atoms with Crippen LogP contribution in [0.15, 0.2) is 131 Å². The zero-order valence-corrected chi connectivity index (χ0v) is 27.9. The highest BCUT2D eigenvalue weighted by molar-refractivity contribution is 7.93. The number of rotatable bonds is 11. The van der Waals surface area contributed by atoms with Crippen molar-refractivity contribution in [3.63, 3.8) is 0 Å². The van der Waals surface area contributed by atoms with E-state index in [2.05, 4.69) is 10.0 Å². The van der Waals surface area contributed by atoms with Crippen molar-refractivity contribution in [1.82, 2.24) is 0 Å². The molecule has 49 heavy (non-hydrogen) atoms. The molecule has 0 fully saturated rings. The number of sulfonamides is 2. The summed E-state index contributed by atoms with van der Waals surface area (Å²) in [7, 11) is -7.09. The average Bonchev–Trinajstić information content (AvgIpc) is 3.08. The van der Waals surface area contributed by atoms with Gasteiger partial charge in [-0.25, -0.2) is 16.8 Å². The first-order valence-electron chi connectivity index (χ1n) is 14.3. The number of ether oxygens (including phenoxy) is 1. The van der Waals surface area contributed by atoms with Gasteiger partial charge in [-0.2, -0.15) is 13.2 Å². The molecule has 1 amide bonds. The minimum absolute atomic E-state index is 0.0112. The summed E-state index contributed by atoms with van der Waals surface area (Å²) in [6, 6.07) is 28.3. The first-order chi connectivity index (χ1) is 23.2. The molecule has 0 saturated carbocycles. The Morgan fingerprint density at radius 2 is 1.37 bits per heavy atom. The van der Waals surface area contributed by atoms with Crippen LogP contribution in [-0.4, -0.2) is 29.9 Å².